The lowest BCUT2D eigenvalue weighted by Crippen LogP contribution is -1.86. The smallest absolute Gasteiger partial charge is 0.142 e. The van der Waals surface area contributed by atoms with Crippen LogP contribution in [0.3, 0.4) is 0 Å². The molecular formula is C10H7FN2O. The van der Waals surface area contributed by atoms with Gasteiger partial charge in [-0.25, -0.2) is 4.39 Å². The third kappa shape index (κ3) is 1.54. The molecule has 14 heavy (non-hydrogen) atoms. The highest BCUT2D eigenvalue weighted by molar-refractivity contribution is 5.64. The number of hydrogen-bond donors (Lipinski definition) is 1. The predicted molar refractivity (Wildman–Crippen MR) is 49.1 cm³/mol. The van der Waals surface area contributed by atoms with E-state index in [1.54, 1.807) is 6.07 Å². The summed E-state index contributed by atoms with van der Waals surface area (Å²) in [5, 5.41) is 9.44. The first kappa shape index (κ1) is 8.62. The van der Waals surface area contributed by atoms with Crippen molar-refractivity contribution in [3.05, 3.63) is 42.6 Å². The molecule has 0 saturated carbocycles. The van der Waals surface area contributed by atoms with E-state index in [-0.39, 0.29) is 5.75 Å². The van der Waals surface area contributed by atoms with Crippen LogP contribution >= 0.6 is 0 Å². The van der Waals surface area contributed by atoms with Crippen molar-refractivity contribution in [2.45, 2.75) is 0 Å². The maximum Gasteiger partial charge on any atom is 0.142 e. The van der Waals surface area contributed by atoms with Crippen LogP contribution in [-0.4, -0.2) is 15.1 Å². The number of rotatable bonds is 1. The van der Waals surface area contributed by atoms with Gasteiger partial charge in [0.1, 0.15) is 17.3 Å². The Morgan fingerprint density at radius 3 is 2.86 bits per heavy atom. The standard InChI is InChI=1S/C10H7FN2O/c11-8-4-7(5-12-6-8)10-9(14)2-1-3-13-10/h1-6,14H. The molecule has 0 fully saturated rings. The molecule has 0 aromatic carbocycles. The van der Waals surface area contributed by atoms with Crippen LogP contribution in [0.1, 0.15) is 0 Å². The largest absolute Gasteiger partial charge is 0.506 e. The SMILES string of the molecule is Oc1cccnc1-c1cncc(F)c1. The van der Waals surface area contributed by atoms with Crippen molar-refractivity contribution in [2.75, 3.05) is 0 Å². The van der Waals surface area contributed by atoms with E-state index in [0.29, 0.717) is 11.3 Å². The van der Waals surface area contributed by atoms with E-state index in [4.69, 9.17) is 0 Å². The molecule has 1 N–H and O–H groups in total. The van der Waals surface area contributed by atoms with Crippen LogP contribution < -0.4 is 0 Å². The van der Waals surface area contributed by atoms with Crippen molar-refractivity contribution in [3.63, 3.8) is 0 Å². The summed E-state index contributed by atoms with van der Waals surface area (Å²) in [6.07, 6.45) is 4.08. The van der Waals surface area contributed by atoms with Gasteiger partial charge in [-0.05, 0) is 18.2 Å². The summed E-state index contributed by atoms with van der Waals surface area (Å²) in [6, 6.07) is 4.37. The van der Waals surface area contributed by atoms with E-state index < -0.39 is 5.82 Å². The summed E-state index contributed by atoms with van der Waals surface area (Å²) in [6.45, 7) is 0. The molecule has 70 valence electrons. The molecule has 0 aliphatic carbocycles. The summed E-state index contributed by atoms with van der Waals surface area (Å²) in [5.74, 6) is -0.438. The minimum absolute atomic E-state index is 0.0138. The highest BCUT2D eigenvalue weighted by Gasteiger charge is 2.05. The third-order valence-corrected chi connectivity index (χ3v) is 1.76. The van der Waals surface area contributed by atoms with E-state index in [1.807, 2.05) is 0 Å². The lowest BCUT2D eigenvalue weighted by molar-refractivity contribution is 0.475. The molecule has 0 bridgehead atoms. The molecule has 0 amide bonds. The average molecular weight is 190 g/mol. The van der Waals surface area contributed by atoms with Gasteiger partial charge in [-0.2, -0.15) is 0 Å². The van der Waals surface area contributed by atoms with Crippen LogP contribution in [0.25, 0.3) is 11.3 Å². The number of halogens is 1. The van der Waals surface area contributed by atoms with Crippen LogP contribution in [-0.2, 0) is 0 Å². The number of hydrogen-bond acceptors (Lipinski definition) is 3. The quantitative estimate of drug-likeness (QED) is 0.747. The Balaban J connectivity index is 2.55. The third-order valence-electron chi connectivity index (χ3n) is 1.76. The van der Waals surface area contributed by atoms with Crippen molar-refractivity contribution in [2.24, 2.45) is 0 Å². The zero-order chi connectivity index (χ0) is 9.97. The molecule has 2 heterocycles. The summed E-state index contributed by atoms with van der Waals surface area (Å²) in [7, 11) is 0. The molecule has 0 radical (unpaired) electrons. The zero-order valence-corrected chi connectivity index (χ0v) is 7.18. The van der Waals surface area contributed by atoms with Gasteiger partial charge in [-0.1, -0.05) is 0 Å². The van der Waals surface area contributed by atoms with Crippen LogP contribution in [0.2, 0.25) is 0 Å². The second-order valence-corrected chi connectivity index (χ2v) is 2.76. The molecule has 0 aliphatic heterocycles. The van der Waals surface area contributed by atoms with Crippen molar-refractivity contribution in [1.82, 2.24) is 9.97 Å². The van der Waals surface area contributed by atoms with Gasteiger partial charge < -0.3 is 5.11 Å². The van der Waals surface area contributed by atoms with Crippen LogP contribution in [0.5, 0.6) is 5.75 Å². The molecular weight excluding hydrogens is 183 g/mol. The van der Waals surface area contributed by atoms with Crippen molar-refractivity contribution < 1.29 is 9.50 Å². The van der Waals surface area contributed by atoms with E-state index in [2.05, 4.69) is 9.97 Å². The lowest BCUT2D eigenvalue weighted by atomic mass is 10.2. The summed E-state index contributed by atoms with van der Waals surface area (Å²) in [5.41, 5.74) is 0.794. The number of aromatic hydroxyl groups is 1. The topological polar surface area (TPSA) is 46.0 Å². The first-order valence-electron chi connectivity index (χ1n) is 4.02. The molecule has 0 aliphatic rings. The molecule has 0 saturated heterocycles. The van der Waals surface area contributed by atoms with Gasteiger partial charge in [0.25, 0.3) is 0 Å². The predicted octanol–water partition coefficient (Wildman–Crippen LogP) is 1.99. The molecule has 0 unspecified atom stereocenters. The Kier molecular flexibility index (Phi) is 2.10. The fourth-order valence-corrected chi connectivity index (χ4v) is 1.16. The van der Waals surface area contributed by atoms with Gasteiger partial charge >= 0.3 is 0 Å². The van der Waals surface area contributed by atoms with Crippen molar-refractivity contribution in [3.8, 4) is 17.0 Å². The fraction of sp³-hybridized carbons (Fsp3) is 0. The van der Waals surface area contributed by atoms with Gasteiger partial charge in [0.05, 0.1) is 6.20 Å². The maximum absolute atomic E-state index is 12.8. The Bertz CT molecular complexity index is 459. The first-order chi connectivity index (χ1) is 6.77. The van der Waals surface area contributed by atoms with Crippen LogP contribution in [0.15, 0.2) is 36.8 Å². The number of nitrogens with zero attached hydrogens (tertiary/aromatic N) is 2. The highest BCUT2D eigenvalue weighted by atomic mass is 19.1. The number of pyridine rings is 2. The van der Waals surface area contributed by atoms with Crippen molar-refractivity contribution >= 4 is 0 Å². The lowest BCUT2D eigenvalue weighted by Gasteiger charge is -2.01. The minimum atomic E-state index is -0.451. The molecule has 0 atom stereocenters. The molecule has 2 aromatic heterocycles. The first-order valence-corrected chi connectivity index (χ1v) is 4.02. The molecule has 0 spiro atoms. The number of aromatic nitrogens is 2. The molecule has 2 aromatic rings. The molecule has 2 rings (SSSR count). The van der Waals surface area contributed by atoms with Crippen molar-refractivity contribution in [1.29, 1.82) is 0 Å². The molecule has 3 nitrogen and oxygen atoms in total. The monoisotopic (exact) mass is 190 g/mol. The fourth-order valence-electron chi connectivity index (χ4n) is 1.16. The van der Waals surface area contributed by atoms with Crippen LogP contribution in [0, 0.1) is 5.82 Å². The van der Waals surface area contributed by atoms with Gasteiger partial charge in [0, 0.05) is 18.0 Å². The average Bonchev–Trinajstić information content (AvgIpc) is 2.18. The van der Waals surface area contributed by atoms with E-state index in [0.717, 1.165) is 6.20 Å². The summed E-state index contributed by atoms with van der Waals surface area (Å²) < 4.78 is 12.8. The van der Waals surface area contributed by atoms with E-state index in [1.165, 1.54) is 24.5 Å². The summed E-state index contributed by atoms with van der Waals surface area (Å²) in [4.78, 5) is 7.61. The highest BCUT2D eigenvalue weighted by Crippen LogP contribution is 2.25. The molecule has 4 heteroatoms. The Labute approximate surface area is 79.9 Å². The second kappa shape index (κ2) is 3.41. The Morgan fingerprint density at radius 2 is 2.14 bits per heavy atom. The zero-order valence-electron chi connectivity index (χ0n) is 7.18. The summed E-state index contributed by atoms with van der Waals surface area (Å²) >= 11 is 0. The van der Waals surface area contributed by atoms with Gasteiger partial charge in [0.2, 0.25) is 0 Å². The van der Waals surface area contributed by atoms with Gasteiger partial charge in [-0.15, -0.1) is 0 Å². The van der Waals surface area contributed by atoms with Gasteiger partial charge in [-0.3, -0.25) is 9.97 Å². The normalized spacial score (nSPS) is 10.1. The Hall–Kier alpha value is -1.97. The van der Waals surface area contributed by atoms with E-state index in [9.17, 15) is 9.50 Å². The van der Waals surface area contributed by atoms with E-state index >= 15 is 0 Å². The van der Waals surface area contributed by atoms with Gasteiger partial charge in [0.15, 0.2) is 0 Å². The van der Waals surface area contributed by atoms with Crippen LogP contribution in [0.4, 0.5) is 4.39 Å². The minimum Gasteiger partial charge on any atom is -0.506 e. The Morgan fingerprint density at radius 1 is 1.29 bits per heavy atom. The maximum atomic E-state index is 12.8. The second-order valence-electron chi connectivity index (χ2n) is 2.76.